The zero-order chi connectivity index (χ0) is 15.9. The van der Waals surface area contributed by atoms with Crippen molar-refractivity contribution in [3.63, 3.8) is 0 Å². The fraction of sp³-hybridized carbons (Fsp3) is 0.143. The number of nitro groups is 1. The van der Waals surface area contributed by atoms with Crippen LogP contribution in [-0.4, -0.2) is 23.7 Å². The normalized spacial score (nSPS) is 10.6. The molecule has 1 amide bonds. The van der Waals surface area contributed by atoms with Gasteiger partial charge in [-0.2, -0.15) is 5.10 Å². The first-order valence-corrected chi connectivity index (χ1v) is 7.18. The Morgan fingerprint density at radius 2 is 2.23 bits per heavy atom. The Bertz CT molecular complexity index is 712. The zero-order valence-corrected chi connectivity index (χ0v) is 12.5. The maximum Gasteiger partial charge on any atom is 0.310 e. The summed E-state index contributed by atoms with van der Waals surface area (Å²) in [5.74, 6) is -0.454. The third-order valence-electron chi connectivity index (χ3n) is 2.69. The smallest absolute Gasteiger partial charge is 0.310 e. The molecule has 0 unspecified atom stereocenters. The molecule has 0 aliphatic carbocycles. The van der Waals surface area contributed by atoms with Crippen LogP contribution in [0.3, 0.4) is 0 Å². The molecule has 0 atom stereocenters. The van der Waals surface area contributed by atoms with E-state index in [4.69, 9.17) is 4.74 Å². The number of carbonyl (C=O) groups excluding carboxylic acids is 1. The number of para-hydroxylation sites is 2. The lowest BCUT2D eigenvalue weighted by molar-refractivity contribution is -0.385. The van der Waals surface area contributed by atoms with Crippen LogP contribution < -0.4 is 10.2 Å². The number of amides is 1. The van der Waals surface area contributed by atoms with Gasteiger partial charge < -0.3 is 4.74 Å². The van der Waals surface area contributed by atoms with Crippen molar-refractivity contribution in [2.24, 2.45) is 5.10 Å². The van der Waals surface area contributed by atoms with Crippen molar-refractivity contribution in [2.45, 2.75) is 6.92 Å². The quantitative estimate of drug-likeness (QED) is 0.503. The lowest BCUT2D eigenvalue weighted by Gasteiger charge is -2.05. The van der Waals surface area contributed by atoms with Gasteiger partial charge in [-0.05, 0) is 30.0 Å². The number of hydrogen-bond acceptors (Lipinski definition) is 6. The predicted molar refractivity (Wildman–Crippen MR) is 83.4 cm³/mol. The molecule has 0 aliphatic rings. The fourth-order valence-electron chi connectivity index (χ4n) is 1.59. The van der Waals surface area contributed by atoms with E-state index in [0.29, 0.717) is 0 Å². The molecule has 1 aromatic heterocycles. The molecule has 0 aliphatic heterocycles. The summed E-state index contributed by atoms with van der Waals surface area (Å²) in [5, 5.41) is 16.5. The molecule has 0 radical (unpaired) electrons. The summed E-state index contributed by atoms with van der Waals surface area (Å²) in [6, 6.07) is 7.82. The van der Waals surface area contributed by atoms with Crippen LogP contribution >= 0.6 is 11.3 Å². The number of nitrogens with one attached hydrogen (secondary N) is 1. The Morgan fingerprint density at radius 1 is 1.45 bits per heavy atom. The molecular formula is C14H13N3O4S. The number of carbonyl (C=O) groups is 1. The second-order valence-electron chi connectivity index (χ2n) is 4.27. The fourth-order valence-corrected chi connectivity index (χ4v) is 2.37. The molecule has 0 bridgehead atoms. The second kappa shape index (κ2) is 7.32. The first-order chi connectivity index (χ1) is 10.6. The monoisotopic (exact) mass is 319 g/mol. The van der Waals surface area contributed by atoms with E-state index in [0.717, 1.165) is 10.4 Å². The van der Waals surface area contributed by atoms with Crippen molar-refractivity contribution >= 4 is 29.1 Å². The van der Waals surface area contributed by atoms with Crippen molar-refractivity contribution in [3.8, 4) is 5.75 Å². The highest BCUT2D eigenvalue weighted by Gasteiger charge is 2.14. The molecular weight excluding hydrogens is 306 g/mol. The predicted octanol–water partition coefficient (Wildman–Crippen LogP) is 2.49. The van der Waals surface area contributed by atoms with Gasteiger partial charge in [-0.1, -0.05) is 12.1 Å². The Labute approximate surface area is 130 Å². The van der Waals surface area contributed by atoms with Crippen LogP contribution in [0, 0.1) is 17.0 Å². The molecule has 7 nitrogen and oxygen atoms in total. The highest BCUT2D eigenvalue weighted by molar-refractivity contribution is 7.11. The molecule has 2 aromatic rings. The van der Waals surface area contributed by atoms with Crippen molar-refractivity contribution in [3.05, 3.63) is 56.3 Å². The zero-order valence-electron chi connectivity index (χ0n) is 11.7. The van der Waals surface area contributed by atoms with Gasteiger partial charge in [-0.25, -0.2) is 5.43 Å². The molecule has 22 heavy (non-hydrogen) atoms. The molecule has 0 saturated carbocycles. The number of aryl methyl sites for hydroxylation is 1. The number of hydrogen-bond donors (Lipinski definition) is 1. The van der Waals surface area contributed by atoms with Gasteiger partial charge in [-0.3, -0.25) is 14.9 Å². The molecule has 8 heteroatoms. The number of ether oxygens (including phenoxy) is 1. The van der Waals surface area contributed by atoms with Crippen molar-refractivity contribution in [1.29, 1.82) is 0 Å². The lowest BCUT2D eigenvalue weighted by Crippen LogP contribution is -2.24. The van der Waals surface area contributed by atoms with Gasteiger partial charge in [0.2, 0.25) is 0 Å². The van der Waals surface area contributed by atoms with Crippen LogP contribution in [0.25, 0.3) is 0 Å². The summed E-state index contributed by atoms with van der Waals surface area (Å²) >= 11 is 1.51. The van der Waals surface area contributed by atoms with E-state index in [2.05, 4.69) is 10.5 Å². The number of benzene rings is 1. The Hall–Kier alpha value is -2.74. The van der Waals surface area contributed by atoms with Crippen LogP contribution in [0.15, 0.2) is 40.8 Å². The minimum absolute atomic E-state index is 0.0423. The summed E-state index contributed by atoms with van der Waals surface area (Å²) in [4.78, 5) is 22.8. The van der Waals surface area contributed by atoms with E-state index in [1.807, 2.05) is 18.4 Å². The minimum atomic E-state index is -0.565. The number of thiophene rings is 1. The van der Waals surface area contributed by atoms with E-state index in [1.165, 1.54) is 29.5 Å². The van der Waals surface area contributed by atoms with E-state index in [-0.39, 0.29) is 18.0 Å². The molecule has 1 aromatic carbocycles. The van der Waals surface area contributed by atoms with Crippen molar-refractivity contribution < 1.29 is 14.5 Å². The SMILES string of the molecule is Cc1ccsc1/C=N\NC(=O)COc1ccccc1[N+](=O)[O-]. The standard InChI is InChI=1S/C14H13N3O4S/c1-10-6-7-22-13(10)8-15-16-14(18)9-21-12-5-3-2-4-11(12)17(19)20/h2-8H,9H2,1H3,(H,16,18)/b15-8-. The molecule has 0 fully saturated rings. The van der Waals surface area contributed by atoms with Gasteiger partial charge in [0, 0.05) is 10.9 Å². The topological polar surface area (TPSA) is 93.8 Å². The summed E-state index contributed by atoms with van der Waals surface area (Å²) < 4.78 is 5.15. The molecule has 1 heterocycles. The number of nitro benzene ring substituents is 1. The maximum atomic E-state index is 11.6. The molecule has 2 rings (SSSR count). The number of rotatable bonds is 6. The second-order valence-corrected chi connectivity index (χ2v) is 5.22. The first-order valence-electron chi connectivity index (χ1n) is 6.30. The summed E-state index contributed by atoms with van der Waals surface area (Å²) in [6.45, 7) is 1.59. The average Bonchev–Trinajstić information content (AvgIpc) is 2.91. The van der Waals surface area contributed by atoms with Gasteiger partial charge >= 0.3 is 5.69 Å². The number of hydrazone groups is 1. The minimum Gasteiger partial charge on any atom is -0.477 e. The lowest BCUT2D eigenvalue weighted by atomic mass is 10.3. The highest BCUT2D eigenvalue weighted by Crippen LogP contribution is 2.25. The van der Waals surface area contributed by atoms with Gasteiger partial charge in [0.1, 0.15) is 0 Å². The molecule has 1 N–H and O–H groups in total. The first kappa shape index (κ1) is 15.6. The van der Waals surface area contributed by atoms with Gasteiger partial charge in [-0.15, -0.1) is 11.3 Å². The van der Waals surface area contributed by atoms with Crippen LogP contribution in [0.5, 0.6) is 5.75 Å². The van der Waals surface area contributed by atoms with Crippen LogP contribution in [-0.2, 0) is 4.79 Å². The summed E-state index contributed by atoms with van der Waals surface area (Å²) in [6.07, 6.45) is 1.54. The van der Waals surface area contributed by atoms with Crippen LogP contribution in [0.4, 0.5) is 5.69 Å². The van der Waals surface area contributed by atoms with E-state index in [9.17, 15) is 14.9 Å². The Balaban J connectivity index is 1.87. The molecule has 114 valence electrons. The van der Waals surface area contributed by atoms with Crippen LogP contribution in [0.1, 0.15) is 10.4 Å². The largest absolute Gasteiger partial charge is 0.477 e. The third-order valence-corrected chi connectivity index (χ3v) is 3.65. The average molecular weight is 319 g/mol. The third kappa shape index (κ3) is 4.13. The van der Waals surface area contributed by atoms with Crippen molar-refractivity contribution in [2.75, 3.05) is 6.61 Å². The number of nitrogens with zero attached hydrogens (tertiary/aromatic N) is 2. The van der Waals surface area contributed by atoms with Gasteiger partial charge in [0.25, 0.3) is 5.91 Å². The Morgan fingerprint density at radius 3 is 2.91 bits per heavy atom. The summed E-state index contributed by atoms with van der Waals surface area (Å²) in [7, 11) is 0. The highest BCUT2D eigenvalue weighted by atomic mass is 32.1. The van der Waals surface area contributed by atoms with E-state index in [1.54, 1.807) is 12.3 Å². The van der Waals surface area contributed by atoms with Gasteiger partial charge in [0.15, 0.2) is 12.4 Å². The maximum absolute atomic E-state index is 11.6. The Kier molecular flexibility index (Phi) is 5.21. The molecule has 0 spiro atoms. The van der Waals surface area contributed by atoms with Gasteiger partial charge in [0.05, 0.1) is 11.1 Å². The van der Waals surface area contributed by atoms with Crippen LogP contribution in [0.2, 0.25) is 0 Å². The molecule has 0 saturated heterocycles. The van der Waals surface area contributed by atoms with E-state index >= 15 is 0 Å². The van der Waals surface area contributed by atoms with Crippen molar-refractivity contribution in [1.82, 2.24) is 5.43 Å². The summed E-state index contributed by atoms with van der Waals surface area (Å²) in [5.41, 5.74) is 3.19. The van der Waals surface area contributed by atoms with E-state index < -0.39 is 10.8 Å².